The molecular formula is C22H20BrF4NOS. The highest BCUT2D eigenvalue weighted by Gasteiger charge is 2.48. The van der Waals surface area contributed by atoms with Crippen molar-refractivity contribution in [3.05, 3.63) is 57.3 Å². The first-order chi connectivity index (χ1) is 13.9. The van der Waals surface area contributed by atoms with E-state index >= 15 is 0 Å². The van der Waals surface area contributed by atoms with E-state index in [9.17, 15) is 17.6 Å². The molecule has 8 heteroatoms. The number of rotatable bonds is 5. The fraction of sp³-hybridized carbons (Fsp3) is 0.318. The minimum absolute atomic E-state index is 0.221. The van der Waals surface area contributed by atoms with E-state index < -0.39 is 24.0 Å². The summed E-state index contributed by atoms with van der Waals surface area (Å²) in [7, 11) is 0. The topological polar surface area (TPSA) is 22.1 Å². The van der Waals surface area contributed by atoms with Crippen molar-refractivity contribution in [2.75, 3.05) is 6.61 Å². The number of aryl methyl sites for hydroxylation is 2. The first-order valence-electron chi connectivity index (χ1n) is 9.13. The molecule has 0 bridgehead atoms. The molecular weight excluding hydrogens is 482 g/mol. The van der Waals surface area contributed by atoms with Gasteiger partial charge in [0.2, 0.25) is 0 Å². The van der Waals surface area contributed by atoms with Gasteiger partial charge < -0.3 is 4.74 Å². The molecule has 2 aromatic carbocycles. The van der Waals surface area contributed by atoms with Gasteiger partial charge in [-0.15, -0.1) is 11.3 Å². The SMILES string of the molecule is Cc1cccc(C)c1-c1nc(Br)sc1-c1ccc(F)c(OCC(C)(C)C(F)(F)F)c1. The zero-order valence-electron chi connectivity index (χ0n) is 16.8. The van der Waals surface area contributed by atoms with Gasteiger partial charge in [0.15, 0.2) is 15.5 Å². The lowest BCUT2D eigenvalue weighted by molar-refractivity contribution is -0.219. The molecule has 1 heterocycles. The molecule has 0 saturated carbocycles. The molecule has 0 atom stereocenters. The van der Waals surface area contributed by atoms with Gasteiger partial charge in [0, 0.05) is 5.56 Å². The van der Waals surface area contributed by atoms with Crippen LogP contribution >= 0.6 is 27.3 Å². The summed E-state index contributed by atoms with van der Waals surface area (Å²) in [6.07, 6.45) is -4.46. The lowest BCUT2D eigenvalue weighted by Crippen LogP contribution is -2.37. The zero-order valence-corrected chi connectivity index (χ0v) is 19.2. The quantitative estimate of drug-likeness (QED) is 0.330. The number of aromatic nitrogens is 1. The Morgan fingerprint density at radius 2 is 1.70 bits per heavy atom. The smallest absolute Gasteiger partial charge is 0.397 e. The number of benzene rings is 2. The maximum Gasteiger partial charge on any atom is 0.397 e. The van der Waals surface area contributed by atoms with Gasteiger partial charge in [0.05, 0.1) is 16.0 Å². The van der Waals surface area contributed by atoms with Crippen LogP contribution in [0, 0.1) is 25.1 Å². The average molecular weight is 502 g/mol. The van der Waals surface area contributed by atoms with Gasteiger partial charge >= 0.3 is 6.18 Å². The first kappa shape index (κ1) is 22.7. The molecule has 160 valence electrons. The molecule has 3 aromatic rings. The molecule has 0 unspecified atom stereocenters. The molecule has 0 amide bonds. The number of ether oxygens (including phenoxy) is 1. The molecule has 0 saturated heterocycles. The van der Waals surface area contributed by atoms with Crippen LogP contribution in [0.15, 0.2) is 40.3 Å². The normalized spacial score (nSPS) is 12.3. The predicted octanol–water partition coefficient (Wildman–Crippen LogP) is 7.96. The maximum absolute atomic E-state index is 14.3. The Balaban J connectivity index is 2.02. The fourth-order valence-corrected chi connectivity index (χ4v) is 4.40. The van der Waals surface area contributed by atoms with Crippen LogP contribution in [0.5, 0.6) is 5.75 Å². The summed E-state index contributed by atoms with van der Waals surface area (Å²) in [5.41, 5.74) is 2.30. The summed E-state index contributed by atoms with van der Waals surface area (Å²) >= 11 is 4.79. The van der Waals surface area contributed by atoms with Gasteiger partial charge in [-0.05, 0) is 72.4 Å². The first-order valence-corrected chi connectivity index (χ1v) is 10.7. The van der Waals surface area contributed by atoms with Crippen molar-refractivity contribution in [1.82, 2.24) is 4.98 Å². The summed E-state index contributed by atoms with van der Waals surface area (Å²) in [4.78, 5) is 5.38. The molecule has 0 fully saturated rings. The van der Waals surface area contributed by atoms with Crippen LogP contribution in [0.3, 0.4) is 0 Å². The molecule has 0 aliphatic carbocycles. The molecule has 3 rings (SSSR count). The van der Waals surface area contributed by atoms with Gasteiger partial charge in [0.1, 0.15) is 6.61 Å². The largest absolute Gasteiger partial charge is 0.490 e. The van der Waals surface area contributed by atoms with Crippen molar-refractivity contribution in [2.24, 2.45) is 5.41 Å². The second kappa shape index (κ2) is 8.30. The molecule has 0 aliphatic heterocycles. The third-order valence-corrected chi connectivity index (χ3v) is 6.42. The van der Waals surface area contributed by atoms with Crippen LogP contribution in [0.2, 0.25) is 0 Å². The van der Waals surface area contributed by atoms with Gasteiger partial charge in [0.25, 0.3) is 0 Å². The van der Waals surface area contributed by atoms with Crippen molar-refractivity contribution in [2.45, 2.75) is 33.9 Å². The molecule has 30 heavy (non-hydrogen) atoms. The Kier molecular flexibility index (Phi) is 6.30. The van der Waals surface area contributed by atoms with Crippen molar-refractivity contribution in [3.8, 4) is 27.4 Å². The number of alkyl halides is 3. The van der Waals surface area contributed by atoms with E-state index in [1.54, 1.807) is 6.07 Å². The molecule has 1 aromatic heterocycles. The Morgan fingerprint density at radius 3 is 2.30 bits per heavy atom. The van der Waals surface area contributed by atoms with Crippen LogP contribution in [0.1, 0.15) is 25.0 Å². The summed E-state index contributed by atoms with van der Waals surface area (Å²) in [6, 6.07) is 10.1. The van der Waals surface area contributed by atoms with Gasteiger partial charge in [-0.25, -0.2) is 9.37 Å². The average Bonchev–Trinajstić information content (AvgIpc) is 3.01. The van der Waals surface area contributed by atoms with E-state index in [0.29, 0.717) is 9.48 Å². The molecule has 0 aliphatic rings. The molecule has 2 nitrogen and oxygen atoms in total. The Morgan fingerprint density at radius 1 is 1.07 bits per heavy atom. The highest BCUT2D eigenvalue weighted by Crippen LogP contribution is 2.43. The lowest BCUT2D eigenvalue weighted by Gasteiger charge is -2.27. The number of halogens is 5. The monoisotopic (exact) mass is 501 g/mol. The zero-order chi connectivity index (χ0) is 22.3. The summed E-state index contributed by atoms with van der Waals surface area (Å²) in [6.45, 7) is 5.32. The van der Waals surface area contributed by atoms with Gasteiger partial charge in [-0.3, -0.25) is 0 Å². The third-order valence-electron chi connectivity index (χ3n) is 4.87. The van der Waals surface area contributed by atoms with Crippen molar-refractivity contribution < 1.29 is 22.3 Å². The van der Waals surface area contributed by atoms with Crippen molar-refractivity contribution >= 4 is 27.3 Å². The molecule has 0 spiro atoms. The van der Waals surface area contributed by atoms with E-state index in [-0.39, 0.29) is 5.75 Å². The van der Waals surface area contributed by atoms with Crippen LogP contribution in [-0.2, 0) is 0 Å². The Hall–Kier alpha value is -1.93. The fourth-order valence-electron chi connectivity index (χ4n) is 2.94. The standard InChI is InChI=1S/C22H20BrF4NOS/c1-12-6-5-7-13(2)17(12)18-19(30-20(23)28-18)14-8-9-15(24)16(10-14)29-11-21(3,4)22(25,26)27/h5-10H,11H2,1-4H3. The molecule has 0 radical (unpaired) electrons. The van der Waals surface area contributed by atoms with Crippen LogP contribution in [0.25, 0.3) is 21.7 Å². The van der Waals surface area contributed by atoms with E-state index in [1.807, 2.05) is 32.0 Å². The lowest BCUT2D eigenvalue weighted by atomic mass is 9.94. The van der Waals surface area contributed by atoms with Crippen molar-refractivity contribution in [1.29, 1.82) is 0 Å². The Labute approximate surface area is 185 Å². The highest BCUT2D eigenvalue weighted by molar-refractivity contribution is 9.11. The number of nitrogens with zero attached hydrogens (tertiary/aromatic N) is 1. The predicted molar refractivity (Wildman–Crippen MR) is 115 cm³/mol. The summed E-state index contributed by atoms with van der Waals surface area (Å²) in [5.74, 6) is -0.935. The van der Waals surface area contributed by atoms with E-state index in [4.69, 9.17) is 4.74 Å². The van der Waals surface area contributed by atoms with Crippen LogP contribution in [0.4, 0.5) is 17.6 Å². The highest BCUT2D eigenvalue weighted by atomic mass is 79.9. The second-order valence-corrected chi connectivity index (χ2v) is 10.0. The Bertz CT molecular complexity index is 1060. The van der Waals surface area contributed by atoms with Gasteiger partial charge in [-0.2, -0.15) is 13.2 Å². The second-order valence-electron chi connectivity index (χ2n) is 7.73. The van der Waals surface area contributed by atoms with Crippen LogP contribution < -0.4 is 4.74 Å². The van der Waals surface area contributed by atoms with E-state index in [2.05, 4.69) is 20.9 Å². The maximum atomic E-state index is 14.3. The van der Waals surface area contributed by atoms with Gasteiger partial charge in [-0.1, -0.05) is 24.3 Å². The van der Waals surface area contributed by atoms with E-state index in [0.717, 1.165) is 41.1 Å². The van der Waals surface area contributed by atoms with Crippen LogP contribution in [-0.4, -0.2) is 17.8 Å². The van der Waals surface area contributed by atoms with E-state index in [1.165, 1.54) is 23.5 Å². The summed E-state index contributed by atoms with van der Waals surface area (Å²) < 4.78 is 59.5. The summed E-state index contributed by atoms with van der Waals surface area (Å²) in [5, 5.41) is 0. The third kappa shape index (κ3) is 4.54. The number of hydrogen-bond donors (Lipinski definition) is 0. The minimum Gasteiger partial charge on any atom is -0.490 e. The number of thiazole rings is 1. The van der Waals surface area contributed by atoms with Crippen molar-refractivity contribution in [3.63, 3.8) is 0 Å². The molecule has 0 N–H and O–H groups in total. The number of hydrogen-bond acceptors (Lipinski definition) is 3. The minimum atomic E-state index is -4.46.